The lowest BCUT2D eigenvalue weighted by molar-refractivity contribution is -0.137. The number of sulfonamides is 1. The summed E-state index contributed by atoms with van der Waals surface area (Å²) in [7, 11) is -4.68. The van der Waals surface area contributed by atoms with E-state index in [0.717, 1.165) is 24.4 Å². The maximum Gasteiger partial charge on any atom is 0.417 e. The monoisotopic (exact) mass is 532 g/mol. The summed E-state index contributed by atoms with van der Waals surface area (Å²) in [5.41, 5.74) is -2.64. The smallest absolute Gasteiger partial charge is 0.417 e. The molecule has 0 radical (unpaired) electrons. The topological polar surface area (TPSA) is 113 Å². The summed E-state index contributed by atoms with van der Waals surface area (Å²) < 4.78 is 67.3. The molecule has 34 heavy (non-hydrogen) atoms. The zero-order valence-electron chi connectivity index (χ0n) is 16.9. The molecule has 0 fully saturated rings. The normalized spacial score (nSPS) is 11.8. The molecule has 3 aromatic rings. The van der Waals surface area contributed by atoms with Crippen LogP contribution in [0.3, 0.4) is 0 Å². The Balaban J connectivity index is 2.12. The van der Waals surface area contributed by atoms with Gasteiger partial charge in [0.1, 0.15) is 5.69 Å². The minimum Gasteiger partial charge on any atom is -0.478 e. The van der Waals surface area contributed by atoms with Gasteiger partial charge in [-0.05, 0) is 42.8 Å². The molecule has 0 spiro atoms. The molecule has 0 amide bonds. The molecule has 3 rings (SSSR count). The van der Waals surface area contributed by atoms with Crippen LogP contribution in [0.15, 0.2) is 53.6 Å². The molecule has 2 N–H and O–H groups in total. The van der Waals surface area contributed by atoms with E-state index in [1.54, 1.807) is 0 Å². The summed E-state index contributed by atoms with van der Waals surface area (Å²) in [6.45, 7) is 1.48. The Morgan fingerprint density at radius 1 is 1.09 bits per heavy atom. The van der Waals surface area contributed by atoms with E-state index in [4.69, 9.17) is 23.2 Å². The SMILES string of the molecule is Cc1cccc(C(=O)O)c1C(=O)c1ncc(Cl)cc1NS(=O)(=O)c1ccc(Cl)c(C(F)(F)F)c1. The second kappa shape index (κ2) is 9.24. The van der Waals surface area contributed by atoms with Crippen molar-refractivity contribution in [3.8, 4) is 0 Å². The summed E-state index contributed by atoms with van der Waals surface area (Å²) in [4.78, 5) is 27.9. The van der Waals surface area contributed by atoms with Crippen LogP contribution in [-0.2, 0) is 16.2 Å². The number of nitrogens with zero attached hydrogens (tertiary/aromatic N) is 1. The van der Waals surface area contributed by atoms with Crippen LogP contribution in [0.25, 0.3) is 0 Å². The number of alkyl halides is 3. The number of carbonyl (C=O) groups is 2. The maximum absolute atomic E-state index is 13.2. The number of carbonyl (C=O) groups excluding carboxylic acids is 1. The van der Waals surface area contributed by atoms with E-state index in [1.165, 1.54) is 25.1 Å². The number of anilines is 1. The Labute approximate surface area is 201 Å². The Hall–Kier alpha value is -3.15. The Bertz CT molecular complexity index is 1430. The van der Waals surface area contributed by atoms with Gasteiger partial charge in [0.25, 0.3) is 10.0 Å². The van der Waals surface area contributed by atoms with Crippen LogP contribution in [0.1, 0.15) is 37.5 Å². The number of rotatable bonds is 6. The number of halogens is 5. The number of hydrogen-bond acceptors (Lipinski definition) is 5. The Morgan fingerprint density at radius 3 is 2.38 bits per heavy atom. The highest BCUT2D eigenvalue weighted by atomic mass is 35.5. The van der Waals surface area contributed by atoms with Gasteiger partial charge in [-0.1, -0.05) is 35.3 Å². The minimum atomic E-state index is -4.92. The Morgan fingerprint density at radius 2 is 1.76 bits per heavy atom. The first-order chi connectivity index (χ1) is 15.7. The lowest BCUT2D eigenvalue weighted by Gasteiger charge is -2.15. The number of aromatic nitrogens is 1. The van der Waals surface area contributed by atoms with Crippen LogP contribution >= 0.6 is 23.2 Å². The molecule has 0 atom stereocenters. The summed E-state index contributed by atoms with van der Waals surface area (Å²) >= 11 is 11.4. The zero-order valence-corrected chi connectivity index (χ0v) is 19.3. The average Bonchev–Trinajstić information content (AvgIpc) is 2.72. The van der Waals surface area contributed by atoms with Crippen molar-refractivity contribution in [2.45, 2.75) is 18.0 Å². The van der Waals surface area contributed by atoms with Gasteiger partial charge in [0.15, 0.2) is 0 Å². The van der Waals surface area contributed by atoms with E-state index in [0.29, 0.717) is 6.07 Å². The molecule has 7 nitrogen and oxygen atoms in total. The van der Waals surface area contributed by atoms with Crippen molar-refractivity contribution in [3.63, 3.8) is 0 Å². The molecule has 2 aromatic carbocycles. The van der Waals surface area contributed by atoms with Crippen LogP contribution in [0.5, 0.6) is 0 Å². The van der Waals surface area contributed by atoms with E-state index < -0.39 is 54.8 Å². The molecule has 0 unspecified atom stereocenters. The zero-order chi connectivity index (χ0) is 25.4. The average molecular weight is 533 g/mol. The summed E-state index contributed by atoms with van der Waals surface area (Å²) in [6.07, 6.45) is -3.88. The van der Waals surface area contributed by atoms with Crippen molar-refractivity contribution in [1.82, 2.24) is 4.98 Å². The first-order valence-corrected chi connectivity index (χ1v) is 11.4. The van der Waals surface area contributed by atoms with Crippen molar-refractivity contribution < 1.29 is 36.3 Å². The van der Waals surface area contributed by atoms with Gasteiger partial charge in [-0.2, -0.15) is 13.2 Å². The predicted molar refractivity (Wildman–Crippen MR) is 118 cm³/mol. The third kappa shape index (κ3) is 5.16. The number of aryl methyl sites for hydroxylation is 1. The molecule has 178 valence electrons. The van der Waals surface area contributed by atoms with Gasteiger partial charge in [-0.3, -0.25) is 9.52 Å². The third-order valence-electron chi connectivity index (χ3n) is 4.60. The molecule has 1 heterocycles. The van der Waals surface area contributed by atoms with Crippen molar-refractivity contribution in [2.24, 2.45) is 0 Å². The number of nitrogens with one attached hydrogen (secondary N) is 1. The van der Waals surface area contributed by atoms with Crippen molar-refractivity contribution in [3.05, 3.63) is 86.7 Å². The number of hydrogen-bond donors (Lipinski definition) is 2. The molecule has 0 aliphatic heterocycles. The standard InChI is InChI=1S/C21H13Cl2F3N2O5S/c1-10-3-2-4-13(20(30)31)17(10)19(29)18-16(7-11(22)9-27-18)28-34(32,33)12-5-6-15(23)14(8-12)21(24,25)26/h2-9,28H,1H3,(H,30,31). The summed E-state index contributed by atoms with van der Waals surface area (Å²) in [6, 6.07) is 7.08. The molecule has 0 aliphatic rings. The first kappa shape index (κ1) is 25.5. The third-order valence-corrected chi connectivity index (χ3v) is 6.50. The predicted octanol–water partition coefficient (Wildman–Crippen LogP) is 5.45. The van der Waals surface area contributed by atoms with Crippen LogP contribution in [0, 0.1) is 6.92 Å². The molecule has 0 aliphatic carbocycles. The number of benzene rings is 2. The first-order valence-electron chi connectivity index (χ1n) is 9.15. The van der Waals surface area contributed by atoms with Gasteiger partial charge in [-0.25, -0.2) is 18.2 Å². The fraction of sp³-hybridized carbons (Fsp3) is 0.0952. The lowest BCUT2D eigenvalue weighted by Crippen LogP contribution is -2.19. The van der Waals surface area contributed by atoms with Crippen molar-refractivity contribution in [2.75, 3.05) is 4.72 Å². The van der Waals surface area contributed by atoms with Crippen LogP contribution in [0.2, 0.25) is 10.0 Å². The van der Waals surface area contributed by atoms with Crippen molar-refractivity contribution >= 4 is 50.7 Å². The van der Waals surface area contributed by atoms with E-state index in [1.807, 2.05) is 4.72 Å². The molecular formula is C21H13Cl2F3N2O5S. The van der Waals surface area contributed by atoms with E-state index in [2.05, 4.69) is 4.98 Å². The fourth-order valence-corrected chi connectivity index (χ4v) is 4.52. The highest BCUT2D eigenvalue weighted by Gasteiger charge is 2.35. The van der Waals surface area contributed by atoms with Gasteiger partial charge in [0.05, 0.1) is 31.8 Å². The van der Waals surface area contributed by atoms with E-state index >= 15 is 0 Å². The van der Waals surface area contributed by atoms with Gasteiger partial charge < -0.3 is 5.11 Å². The summed E-state index contributed by atoms with van der Waals surface area (Å²) in [5.74, 6) is -2.33. The maximum atomic E-state index is 13.2. The molecule has 0 bridgehead atoms. The van der Waals surface area contributed by atoms with E-state index in [9.17, 15) is 36.3 Å². The van der Waals surface area contributed by atoms with Gasteiger partial charge >= 0.3 is 12.1 Å². The largest absolute Gasteiger partial charge is 0.478 e. The number of aromatic carboxylic acids is 1. The van der Waals surface area contributed by atoms with Crippen molar-refractivity contribution in [1.29, 1.82) is 0 Å². The number of ketones is 1. The van der Waals surface area contributed by atoms with Crippen LogP contribution in [0.4, 0.5) is 18.9 Å². The quantitative estimate of drug-likeness (QED) is 0.408. The number of pyridine rings is 1. The second-order valence-corrected chi connectivity index (χ2v) is 9.45. The molecule has 0 saturated heterocycles. The highest BCUT2D eigenvalue weighted by Crippen LogP contribution is 2.36. The van der Waals surface area contributed by atoms with Gasteiger partial charge in [-0.15, -0.1) is 0 Å². The van der Waals surface area contributed by atoms with E-state index in [-0.39, 0.29) is 21.7 Å². The summed E-state index contributed by atoms with van der Waals surface area (Å²) in [5, 5.41) is 8.65. The fourth-order valence-electron chi connectivity index (χ4n) is 3.06. The molecule has 13 heteroatoms. The van der Waals surface area contributed by atoms with Crippen LogP contribution in [-0.4, -0.2) is 30.3 Å². The number of carboxylic acids is 1. The second-order valence-electron chi connectivity index (χ2n) is 6.93. The van der Waals surface area contributed by atoms with Gasteiger partial charge in [0.2, 0.25) is 5.78 Å². The minimum absolute atomic E-state index is 0.0930. The number of carboxylic acid groups (broad SMARTS) is 1. The highest BCUT2D eigenvalue weighted by molar-refractivity contribution is 7.92. The molecular weight excluding hydrogens is 520 g/mol. The molecule has 0 saturated carbocycles. The Kier molecular flexibility index (Phi) is 6.92. The molecule has 1 aromatic heterocycles. The van der Waals surface area contributed by atoms with Gasteiger partial charge in [0, 0.05) is 11.8 Å². The lowest BCUT2D eigenvalue weighted by atomic mass is 9.96. The van der Waals surface area contributed by atoms with Crippen LogP contribution < -0.4 is 4.72 Å².